The maximum atomic E-state index is 5.49. The molecule has 1 aliphatic carbocycles. The van der Waals surface area contributed by atoms with E-state index in [1.807, 2.05) is 18.2 Å². The average Bonchev–Trinajstić information content (AvgIpc) is 2.28. The van der Waals surface area contributed by atoms with Crippen molar-refractivity contribution in [3.63, 3.8) is 0 Å². The minimum Gasteiger partial charge on any atom is -0.497 e. The lowest BCUT2D eigenvalue weighted by Crippen LogP contribution is -2.01. The standard InChI is InChI=1S/C9H13NO/c1-11-9-5-3-2-4-8(6-9)7-10/h2,4-6H,3,7,10H2,1H3. The van der Waals surface area contributed by atoms with E-state index < -0.39 is 0 Å². The van der Waals surface area contributed by atoms with Gasteiger partial charge in [0.25, 0.3) is 0 Å². The second kappa shape index (κ2) is 3.98. The van der Waals surface area contributed by atoms with Crippen molar-refractivity contribution in [1.82, 2.24) is 0 Å². The summed E-state index contributed by atoms with van der Waals surface area (Å²) in [6, 6.07) is 0. The molecule has 2 N–H and O–H groups in total. The number of methoxy groups -OCH3 is 1. The molecule has 1 aliphatic rings. The highest BCUT2D eigenvalue weighted by Crippen LogP contribution is 2.10. The minimum absolute atomic E-state index is 0.567. The van der Waals surface area contributed by atoms with Gasteiger partial charge in [0.1, 0.15) is 5.76 Å². The summed E-state index contributed by atoms with van der Waals surface area (Å²) in [5.41, 5.74) is 6.59. The Bertz CT molecular complexity index is 214. The fourth-order valence-corrected chi connectivity index (χ4v) is 0.963. The predicted molar refractivity (Wildman–Crippen MR) is 46.0 cm³/mol. The lowest BCUT2D eigenvalue weighted by atomic mass is 10.2. The fourth-order valence-electron chi connectivity index (χ4n) is 0.963. The molecule has 0 atom stereocenters. The monoisotopic (exact) mass is 151 g/mol. The van der Waals surface area contributed by atoms with Crippen LogP contribution in [0.5, 0.6) is 0 Å². The van der Waals surface area contributed by atoms with E-state index in [9.17, 15) is 0 Å². The molecule has 0 saturated heterocycles. The summed E-state index contributed by atoms with van der Waals surface area (Å²) in [7, 11) is 1.67. The molecule has 0 aromatic heterocycles. The largest absolute Gasteiger partial charge is 0.497 e. The average molecular weight is 151 g/mol. The van der Waals surface area contributed by atoms with Gasteiger partial charge >= 0.3 is 0 Å². The lowest BCUT2D eigenvalue weighted by Gasteiger charge is -1.99. The molecular weight excluding hydrogens is 138 g/mol. The summed E-state index contributed by atoms with van der Waals surface area (Å²) in [6.45, 7) is 0.567. The van der Waals surface area contributed by atoms with E-state index in [1.165, 1.54) is 0 Å². The molecule has 0 fully saturated rings. The van der Waals surface area contributed by atoms with E-state index in [0.717, 1.165) is 17.8 Å². The zero-order valence-electron chi connectivity index (χ0n) is 6.71. The van der Waals surface area contributed by atoms with E-state index in [4.69, 9.17) is 10.5 Å². The molecule has 0 spiro atoms. The quantitative estimate of drug-likeness (QED) is 0.646. The van der Waals surface area contributed by atoms with Crippen molar-refractivity contribution >= 4 is 0 Å². The molecule has 0 saturated carbocycles. The molecule has 0 amide bonds. The summed E-state index contributed by atoms with van der Waals surface area (Å²) in [5, 5.41) is 0. The van der Waals surface area contributed by atoms with Gasteiger partial charge in [-0.25, -0.2) is 0 Å². The summed E-state index contributed by atoms with van der Waals surface area (Å²) >= 11 is 0. The van der Waals surface area contributed by atoms with Crippen LogP contribution in [-0.2, 0) is 4.74 Å². The summed E-state index contributed by atoms with van der Waals surface area (Å²) in [4.78, 5) is 0. The van der Waals surface area contributed by atoms with Gasteiger partial charge in [-0.05, 0) is 24.1 Å². The van der Waals surface area contributed by atoms with Crippen molar-refractivity contribution in [3.8, 4) is 0 Å². The maximum Gasteiger partial charge on any atom is 0.115 e. The molecule has 0 heterocycles. The molecule has 2 heteroatoms. The zero-order valence-corrected chi connectivity index (χ0v) is 6.71. The minimum atomic E-state index is 0.567. The molecule has 2 nitrogen and oxygen atoms in total. The second-order valence-corrected chi connectivity index (χ2v) is 2.37. The van der Waals surface area contributed by atoms with Crippen molar-refractivity contribution in [1.29, 1.82) is 0 Å². The van der Waals surface area contributed by atoms with Crippen LogP contribution in [0, 0.1) is 0 Å². The Morgan fingerprint density at radius 1 is 1.64 bits per heavy atom. The highest BCUT2D eigenvalue weighted by Gasteiger charge is 1.96. The first kappa shape index (κ1) is 8.08. The van der Waals surface area contributed by atoms with Gasteiger partial charge in [-0.1, -0.05) is 12.2 Å². The molecular formula is C9H13NO. The number of ether oxygens (including phenoxy) is 1. The SMILES string of the molecule is COC1=CCC=CC(CN)=C1. The Hall–Kier alpha value is -1.02. The molecule has 0 aromatic rings. The van der Waals surface area contributed by atoms with Crippen LogP contribution in [0.4, 0.5) is 0 Å². The molecule has 60 valence electrons. The Morgan fingerprint density at radius 3 is 3.09 bits per heavy atom. The van der Waals surface area contributed by atoms with Crippen molar-refractivity contribution in [2.75, 3.05) is 13.7 Å². The van der Waals surface area contributed by atoms with Crippen LogP contribution >= 0.6 is 0 Å². The summed E-state index contributed by atoms with van der Waals surface area (Å²) in [6.07, 6.45) is 9.01. The Morgan fingerprint density at radius 2 is 2.45 bits per heavy atom. The molecule has 0 aromatic carbocycles. The Labute approximate surface area is 67.0 Å². The zero-order chi connectivity index (χ0) is 8.10. The van der Waals surface area contributed by atoms with Crippen LogP contribution in [0.3, 0.4) is 0 Å². The van der Waals surface area contributed by atoms with Gasteiger partial charge in [0.2, 0.25) is 0 Å². The first-order valence-corrected chi connectivity index (χ1v) is 3.68. The van der Waals surface area contributed by atoms with E-state index in [2.05, 4.69) is 6.08 Å². The Kier molecular flexibility index (Phi) is 2.93. The van der Waals surface area contributed by atoms with Gasteiger partial charge in [-0.15, -0.1) is 0 Å². The molecule has 1 rings (SSSR count). The van der Waals surface area contributed by atoms with Crippen molar-refractivity contribution in [2.45, 2.75) is 6.42 Å². The van der Waals surface area contributed by atoms with Gasteiger partial charge < -0.3 is 10.5 Å². The van der Waals surface area contributed by atoms with E-state index in [-0.39, 0.29) is 0 Å². The van der Waals surface area contributed by atoms with Gasteiger partial charge in [0.05, 0.1) is 7.11 Å². The van der Waals surface area contributed by atoms with E-state index >= 15 is 0 Å². The molecule has 0 radical (unpaired) electrons. The van der Waals surface area contributed by atoms with Crippen molar-refractivity contribution < 1.29 is 4.74 Å². The molecule has 0 bridgehead atoms. The normalized spacial score (nSPS) is 16.9. The number of allylic oxidation sites excluding steroid dienone is 3. The van der Waals surface area contributed by atoms with E-state index in [0.29, 0.717) is 6.54 Å². The molecule has 0 aliphatic heterocycles. The predicted octanol–water partition coefficient (Wildman–Crippen LogP) is 1.36. The van der Waals surface area contributed by atoms with Crippen LogP contribution < -0.4 is 5.73 Å². The first-order chi connectivity index (χ1) is 5.36. The number of rotatable bonds is 2. The van der Waals surface area contributed by atoms with Crippen molar-refractivity contribution in [2.24, 2.45) is 5.73 Å². The highest BCUT2D eigenvalue weighted by molar-refractivity contribution is 5.31. The van der Waals surface area contributed by atoms with Gasteiger partial charge in [0.15, 0.2) is 0 Å². The summed E-state index contributed by atoms with van der Waals surface area (Å²) < 4.78 is 5.09. The maximum absolute atomic E-state index is 5.49. The smallest absolute Gasteiger partial charge is 0.115 e. The van der Waals surface area contributed by atoms with Gasteiger partial charge in [-0.2, -0.15) is 0 Å². The molecule has 11 heavy (non-hydrogen) atoms. The number of hydrogen-bond donors (Lipinski definition) is 1. The van der Waals surface area contributed by atoms with Gasteiger partial charge in [0, 0.05) is 6.54 Å². The van der Waals surface area contributed by atoms with Crippen molar-refractivity contribution in [3.05, 3.63) is 35.6 Å². The fraction of sp³-hybridized carbons (Fsp3) is 0.333. The third-order valence-corrected chi connectivity index (χ3v) is 1.59. The third-order valence-electron chi connectivity index (χ3n) is 1.59. The number of nitrogens with two attached hydrogens (primary N) is 1. The lowest BCUT2D eigenvalue weighted by molar-refractivity contribution is 0.305. The number of hydrogen-bond acceptors (Lipinski definition) is 2. The van der Waals surface area contributed by atoms with Crippen LogP contribution in [0.2, 0.25) is 0 Å². The molecule has 0 unspecified atom stereocenters. The third kappa shape index (κ3) is 2.24. The van der Waals surface area contributed by atoms with Crippen LogP contribution in [0.1, 0.15) is 6.42 Å². The van der Waals surface area contributed by atoms with Crippen LogP contribution in [0.25, 0.3) is 0 Å². The summed E-state index contributed by atoms with van der Waals surface area (Å²) in [5.74, 6) is 0.899. The first-order valence-electron chi connectivity index (χ1n) is 3.68. The topological polar surface area (TPSA) is 35.2 Å². The van der Waals surface area contributed by atoms with Crippen LogP contribution in [-0.4, -0.2) is 13.7 Å². The van der Waals surface area contributed by atoms with E-state index in [1.54, 1.807) is 7.11 Å². The second-order valence-electron chi connectivity index (χ2n) is 2.37. The van der Waals surface area contributed by atoms with Gasteiger partial charge in [-0.3, -0.25) is 0 Å². The van der Waals surface area contributed by atoms with Crippen LogP contribution in [0.15, 0.2) is 35.6 Å². The Balaban J connectivity index is 2.77. The highest BCUT2D eigenvalue weighted by atomic mass is 16.5.